The van der Waals surface area contributed by atoms with Crippen LogP contribution in [0.4, 0.5) is 11.5 Å². The van der Waals surface area contributed by atoms with E-state index >= 15 is 0 Å². The third kappa shape index (κ3) is 3.88. The van der Waals surface area contributed by atoms with Gasteiger partial charge in [0, 0.05) is 31.2 Å². The lowest BCUT2D eigenvalue weighted by Gasteiger charge is -2.29. The zero-order valence-electron chi connectivity index (χ0n) is 11.8. The Morgan fingerprint density at radius 3 is 2.85 bits per heavy atom. The van der Waals surface area contributed by atoms with E-state index in [0.717, 1.165) is 32.8 Å². The van der Waals surface area contributed by atoms with Gasteiger partial charge in [0.1, 0.15) is 12.0 Å². The second-order valence-corrected chi connectivity index (χ2v) is 5.07. The van der Waals surface area contributed by atoms with E-state index in [9.17, 15) is 10.1 Å². The van der Waals surface area contributed by atoms with Gasteiger partial charge in [0.15, 0.2) is 0 Å². The molecule has 0 spiro atoms. The number of nitro groups is 1. The van der Waals surface area contributed by atoms with Crippen molar-refractivity contribution in [1.29, 1.82) is 0 Å². The van der Waals surface area contributed by atoms with Gasteiger partial charge >= 0.3 is 0 Å². The maximum atomic E-state index is 10.7. The summed E-state index contributed by atoms with van der Waals surface area (Å²) in [5, 5.41) is 14.0. The highest BCUT2D eigenvalue weighted by Gasteiger charge is 2.15. The van der Waals surface area contributed by atoms with Crippen molar-refractivity contribution in [3.8, 4) is 0 Å². The lowest BCUT2D eigenvalue weighted by atomic mass is 10.2. The molecular weight excluding hydrogens is 260 g/mol. The smallest absolute Gasteiger partial charge is 0.290 e. The van der Waals surface area contributed by atoms with Crippen molar-refractivity contribution >= 4 is 11.5 Å². The van der Waals surface area contributed by atoms with E-state index in [4.69, 9.17) is 4.74 Å². The molecule has 1 saturated heterocycles. The summed E-state index contributed by atoms with van der Waals surface area (Å²) in [5.41, 5.74) is 0.669. The third-order valence-electron chi connectivity index (χ3n) is 3.31. The Kier molecular flexibility index (Phi) is 4.86. The fourth-order valence-electron chi connectivity index (χ4n) is 2.29. The second kappa shape index (κ2) is 6.62. The highest BCUT2D eigenvalue weighted by molar-refractivity contribution is 5.47. The van der Waals surface area contributed by atoms with E-state index in [0.29, 0.717) is 11.4 Å². The Morgan fingerprint density at radius 2 is 2.25 bits per heavy atom. The Labute approximate surface area is 118 Å². The zero-order valence-corrected chi connectivity index (χ0v) is 11.8. The SMILES string of the molecule is Cc1cc(NC(C)CN2CCOCC2)ncc1[N+](=O)[O-]. The molecule has 0 bridgehead atoms. The molecule has 7 heteroatoms. The summed E-state index contributed by atoms with van der Waals surface area (Å²) in [4.78, 5) is 16.8. The van der Waals surface area contributed by atoms with Crippen LogP contribution in [0.2, 0.25) is 0 Å². The lowest BCUT2D eigenvalue weighted by molar-refractivity contribution is -0.385. The molecule has 2 heterocycles. The molecule has 7 nitrogen and oxygen atoms in total. The molecular formula is C13H20N4O3. The minimum atomic E-state index is -0.413. The van der Waals surface area contributed by atoms with E-state index in [1.54, 1.807) is 13.0 Å². The monoisotopic (exact) mass is 280 g/mol. The molecule has 1 aliphatic rings. The van der Waals surface area contributed by atoms with Crippen LogP contribution in [0.15, 0.2) is 12.3 Å². The van der Waals surface area contributed by atoms with Gasteiger partial charge in [-0.1, -0.05) is 0 Å². The van der Waals surface area contributed by atoms with Gasteiger partial charge in [-0.2, -0.15) is 0 Å². The van der Waals surface area contributed by atoms with Crippen molar-refractivity contribution in [3.05, 3.63) is 27.9 Å². The summed E-state index contributed by atoms with van der Waals surface area (Å²) in [6, 6.07) is 1.94. The first kappa shape index (κ1) is 14.7. The van der Waals surface area contributed by atoms with Crippen LogP contribution in [-0.2, 0) is 4.74 Å². The molecule has 0 radical (unpaired) electrons. The summed E-state index contributed by atoms with van der Waals surface area (Å²) < 4.78 is 5.31. The van der Waals surface area contributed by atoms with E-state index in [2.05, 4.69) is 22.1 Å². The van der Waals surface area contributed by atoms with E-state index < -0.39 is 4.92 Å². The Balaban J connectivity index is 1.92. The highest BCUT2D eigenvalue weighted by Crippen LogP contribution is 2.19. The summed E-state index contributed by atoms with van der Waals surface area (Å²) in [5.74, 6) is 0.675. The predicted molar refractivity (Wildman–Crippen MR) is 76.0 cm³/mol. The Bertz CT molecular complexity index is 475. The summed E-state index contributed by atoms with van der Waals surface area (Å²) >= 11 is 0. The maximum absolute atomic E-state index is 10.7. The number of aromatic nitrogens is 1. The Morgan fingerprint density at radius 1 is 1.55 bits per heavy atom. The minimum Gasteiger partial charge on any atom is -0.379 e. The first-order chi connectivity index (χ1) is 9.56. The van der Waals surface area contributed by atoms with Crippen LogP contribution in [0.25, 0.3) is 0 Å². The lowest BCUT2D eigenvalue weighted by Crippen LogP contribution is -2.42. The van der Waals surface area contributed by atoms with Crippen molar-refractivity contribution in [2.75, 3.05) is 38.2 Å². The molecule has 0 aliphatic carbocycles. The number of nitrogens with zero attached hydrogens (tertiary/aromatic N) is 3. The average molecular weight is 280 g/mol. The van der Waals surface area contributed by atoms with Crippen LogP contribution in [-0.4, -0.2) is 53.7 Å². The normalized spacial score (nSPS) is 17.7. The van der Waals surface area contributed by atoms with Crippen LogP contribution in [0.5, 0.6) is 0 Å². The Hall–Kier alpha value is -1.73. The van der Waals surface area contributed by atoms with Gasteiger partial charge in [-0.05, 0) is 19.9 Å². The average Bonchev–Trinajstić information content (AvgIpc) is 2.39. The molecule has 1 aromatic heterocycles. The molecule has 110 valence electrons. The molecule has 2 rings (SSSR count). The molecule has 1 aliphatic heterocycles. The molecule has 1 atom stereocenters. The van der Waals surface area contributed by atoms with Crippen molar-refractivity contribution in [3.63, 3.8) is 0 Å². The van der Waals surface area contributed by atoms with Gasteiger partial charge in [-0.3, -0.25) is 15.0 Å². The quantitative estimate of drug-likeness (QED) is 0.649. The summed E-state index contributed by atoms with van der Waals surface area (Å²) in [6.45, 7) is 8.15. The summed E-state index contributed by atoms with van der Waals surface area (Å²) in [7, 11) is 0. The van der Waals surface area contributed by atoms with Crippen LogP contribution < -0.4 is 5.32 Å². The number of hydrogen-bond acceptors (Lipinski definition) is 6. The molecule has 20 heavy (non-hydrogen) atoms. The van der Waals surface area contributed by atoms with E-state index in [1.165, 1.54) is 6.20 Å². The molecule has 0 amide bonds. The number of aryl methyl sites for hydroxylation is 1. The standard InChI is InChI=1S/C13H20N4O3/c1-10-7-13(14-8-12(10)17(18)19)15-11(2)9-16-3-5-20-6-4-16/h7-8,11H,3-6,9H2,1-2H3,(H,14,15). The van der Waals surface area contributed by atoms with E-state index in [-0.39, 0.29) is 11.7 Å². The fourth-order valence-corrected chi connectivity index (χ4v) is 2.29. The van der Waals surface area contributed by atoms with Crippen molar-refractivity contribution < 1.29 is 9.66 Å². The summed E-state index contributed by atoms with van der Waals surface area (Å²) in [6.07, 6.45) is 1.30. The van der Waals surface area contributed by atoms with Crippen molar-refractivity contribution in [2.45, 2.75) is 19.9 Å². The third-order valence-corrected chi connectivity index (χ3v) is 3.31. The van der Waals surface area contributed by atoms with Crippen LogP contribution in [0, 0.1) is 17.0 Å². The number of anilines is 1. The van der Waals surface area contributed by atoms with Gasteiger partial charge in [0.2, 0.25) is 0 Å². The van der Waals surface area contributed by atoms with Gasteiger partial charge in [-0.15, -0.1) is 0 Å². The van der Waals surface area contributed by atoms with Crippen molar-refractivity contribution in [2.24, 2.45) is 0 Å². The molecule has 1 aromatic rings. The van der Waals surface area contributed by atoms with Crippen molar-refractivity contribution in [1.82, 2.24) is 9.88 Å². The zero-order chi connectivity index (χ0) is 14.5. The number of morpholine rings is 1. The molecule has 1 unspecified atom stereocenters. The van der Waals surface area contributed by atoms with Crippen LogP contribution in [0.3, 0.4) is 0 Å². The van der Waals surface area contributed by atoms with Gasteiger partial charge in [-0.25, -0.2) is 4.98 Å². The maximum Gasteiger partial charge on any atom is 0.290 e. The molecule has 0 saturated carbocycles. The highest BCUT2D eigenvalue weighted by atomic mass is 16.6. The van der Waals surface area contributed by atoms with Gasteiger partial charge < -0.3 is 10.1 Å². The fraction of sp³-hybridized carbons (Fsp3) is 0.615. The van der Waals surface area contributed by atoms with Gasteiger partial charge in [0.05, 0.1) is 18.1 Å². The van der Waals surface area contributed by atoms with Crippen LogP contribution >= 0.6 is 0 Å². The second-order valence-electron chi connectivity index (χ2n) is 5.07. The number of ether oxygens (including phenoxy) is 1. The molecule has 0 aromatic carbocycles. The predicted octanol–water partition coefficient (Wildman–Crippen LogP) is 1.43. The number of nitrogens with one attached hydrogen (secondary N) is 1. The largest absolute Gasteiger partial charge is 0.379 e. The molecule has 1 N–H and O–H groups in total. The minimum absolute atomic E-state index is 0.0522. The van der Waals surface area contributed by atoms with Crippen LogP contribution in [0.1, 0.15) is 12.5 Å². The van der Waals surface area contributed by atoms with E-state index in [1.807, 2.05) is 0 Å². The first-order valence-corrected chi connectivity index (χ1v) is 6.74. The number of hydrogen-bond donors (Lipinski definition) is 1. The molecule has 1 fully saturated rings. The number of pyridine rings is 1. The number of rotatable bonds is 5. The van der Waals surface area contributed by atoms with Gasteiger partial charge in [0.25, 0.3) is 5.69 Å². The topological polar surface area (TPSA) is 80.5 Å². The first-order valence-electron chi connectivity index (χ1n) is 6.74.